The molecule has 1 fully saturated rings. The Kier molecular flexibility index (Phi) is 6.08. The number of benzene rings is 1. The number of halogens is 4. The average Bonchev–Trinajstić information content (AvgIpc) is 2.66. The zero-order chi connectivity index (χ0) is 23.0. The van der Waals surface area contributed by atoms with E-state index in [4.69, 9.17) is 11.5 Å². The number of hydrogen-bond acceptors (Lipinski definition) is 6. The molecule has 0 aliphatic carbocycles. The molecule has 1 aromatic carbocycles. The monoisotopic (exact) mass is 440 g/mol. The van der Waals surface area contributed by atoms with Gasteiger partial charge in [-0.15, -0.1) is 0 Å². The van der Waals surface area contributed by atoms with Gasteiger partial charge >= 0.3 is 6.18 Å². The van der Waals surface area contributed by atoms with Gasteiger partial charge in [0.05, 0.1) is 5.56 Å². The molecule has 2 heterocycles. The highest BCUT2D eigenvalue weighted by Crippen LogP contribution is 2.37. The summed E-state index contributed by atoms with van der Waals surface area (Å²) < 4.78 is 54.5. The standard InChI is InChI=1S/C20H24F4N6O/c1-19(2,21)11-6-12(20(22,23)24)8-14(7-11)28-17-15(16(26)31)9-27-18(29-17)30-5-3-4-13(25)10-30/h6-9,13H,3-5,10,25H2,1-2H3,(H2,26,31)(H,27,28,29). The Labute approximate surface area is 176 Å². The maximum Gasteiger partial charge on any atom is 0.416 e. The quantitative estimate of drug-likeness (QED) is 0.614. The summed E-state index contributed by atoms with van der Waals surface area (Å²) in [7, 11) is 0. The van der Waals surface area contributed by atoms with Gasteiger partial charge in [-0.25, -0.2) is 9.37 Å². The molecule has 1 aliphatic rings. The molecule has 1 aromatic heterocycles. The first-order valence-electron chi connectivity index (χ1n) is 9.70. The number of nitrogens with zero attached hydrogens (tertiary/aromatic N) is 3. The molecule has 1 amide bonds. The van der Waals surface area contributed by atoms with E-state index in [1.54, 1.807) is 0 Å². The minimum Gasteiger partial charge on any atom is -0.365 e. The van der Waals surface area contributed by atoms with Crippen molar-refractivity contribution >= 4 is 23.4 Å². The third-order valence-electron chi connectivity index (χ3n) is 4.99. The fraction of sp³-hybridized carbons (Fsp3) is 0.450. The molecule has 31 heavy (non-hydrogen) atoms. The van der Waals surface area contributed by atoms with Crippen LogP contribution in [0.3, 0.4) is 0 Å². The van der Waals surface area contributed by atoms with Crippen LogP contribution in [0.25, 0.3) is 0 Å². The number of hydrogen-bond donors (Lipinski definition) is 3. The number of alkyl halides is 4. The van der Waals surface area contributed by atoms with Crippen molar-refractivity contribution in [2.45, 2.75) is 44.6 Å². The van der Waals surface area contributed by atoms with Crippen LogP contribution in [-0.2, 0) is 11.8 Å². The van der Waals surface area contributed by atoms with Gasteiger partial charge in [0.2, 0.25) is 5.95 Å². The van der Waals surface area contributed by atoms with E-state index < -0.39 is 23.3 Å². The molecule has 3 rings (SSSR count). The maximum atomic E-state index is 14.4. The zero-order valence-electron chi connectivity index (χ0n) is 17.1. The van der Waals surface area contributed by atoms with Crippen LogP contribution >= 0.6 is 0 Å². The van der Waals surface area contributed by atoms with Crippen LogP contribution < -0.4 is 21.7 Å². The molecule has 1 unspecified atom stereocenters. The minimum atomic E-state index is -4.69. The van der Waals surface area contributed by atoms with Gasteiger partial charge in [-0.05, 0) is 50.5 Å². The van der Waals surface area contributed by atoms with Gasteiger partial charge in [-0.3, -0.25) is 4.79 Å². The molecule has 0 saturated carbocycles. The average molecular weight is 440 g/mol. The first-order valence-corrected chi connectivity index (χ1v) is 9.70. The second-order valence-corrected chi connectivity index (χ2v) is 8.04. The van der Waals surface area contributed by atoms with Crippen LogP contribution in [-0.4, -0.2) is 35.0 Å². The number of anilines is 3. The highest BCUT2D eigenvalue weighted by Gasteiger charge is 2.33. The summed E-state index contributed by atoms with van der Waals surface area (Å²) in [5.41, 5.74) is 7.95. The van der Waals surface area contributed by atoms with Crippen LogP contribution in [0.4, 0.5) is 35.0 Å². The van der Waals surface area contributed by atoms with Gasteiger partial charge in [0.15, 0.2) is 0 Å². The van der Waals surface area contributed by atoms with Crippen LogP contribution in [0.2, 0.25) is 0 Å². The lowest BCUT2D eigenvalue weighted by molar-refractivity contribution is -0.137. The molecule has 1 saturated heterocycles. The first kappa shape index (κ1) is 22.7. The van der Waals surface area contributed by atoms with Crippen LogP contribution in [0.1, 0.15) is 48.2 Å². The molecule has 7 nitrogen and oxygen atoms in total. The van der Waals surface area contributed by atoms with Gasteiger partial charge in [-0.1, -0.05) is 0 Å². The highest BCUT2D eigenvalue weighted by atomic mass is 19.4. The summed E-state index contributed by atoms with van der Waals surface area (Å²) in [5, 5.41) is 2.69. The first-order chi connectivity index (χ1) is 14.3. The van der Waals surface area contributed by atoms with Gasteiger partial charge in [0.25, 0.3) is 5.91 Å². The van der Waals surface area contributed by atoms with Crippen LogP contribution in [0, 0.1) is 0 Å². The van der Waals surface area contributed by atoms with E-state index in [0.29, 0.717) is 13.1 Å². The Morgan fingerprint density at radius 1 is 1.19 bits per heavy atom. The third kappa shape index (κ3) is 5.40. The molecular formula is C20H24F4N6O. The number of nitrogens with two attached hydrogens (primary N) is 2. The number of piperidine rings is 1. The molecule has 0 spiro atoms. The SMILES string of the molecule is CC(C)(F)c1cc(Nc2nc(N3CCCC(N)C3)ncc2C(N)=O)cc(C(F)(F)F)c1. The fourth-order valence-electron chi connectivity index (χ4n) is 3.34. The van der Waals surface area contributed by atoms with Crippen molar-refractivity contribution in [3.63, 3.8) is 0 Å². The van der Waals surface area contributed by atoms with Crippen molar-refractivity contribution in [1.82, 2.24) is 9.97 Å². The van der Waals surface area contributed by atoms with E-state index in [1.807, 2.05) is 4.90 Å². The Morgan fingerprint density at radius 2 is 1.87 bits per heavy atom. The van der Waals surface area contributed by atoms with E-state index in [-0.39, 0.29) is 34.6 Å². The summed E-state index contributed by atoms with van der Waals surface area (Å²) in [4.78, 5) is 22.1. The van der Waals surface area contributed by atoms with Gasteiger partial charge in [-0.2, -0.15) is 18.2 Å². The Balaban J connectivity index is 2.04. The second kappa shape index (κ2) is 8.29. The van der Waals surface area contributed by atoms with Crippen molar-refractivity contribution in [3.05, 3.63) is 41.1 Å². The molecule has 0 radical (unpaired) electrons. The molecule has 1 aliphatic heterocycles. The smallest absolute Gasteiger partial charge is 0.365 e. The predicted molar refractivity (Wildman–Crippen MR) is 109 cm³/mol. The van der Waals surface area contributed by atoms with Crippen molar-refractivity contribution in [3.8, 4) is 0 Å². The number of primary amides is 1. The summed E-state index contributed by atoms with van der Waals surface area (Å²) in [6.45, 7) is 3.46. The van der Waals surface area contributed by atoms with E-state index >= 15 is 0 Å². The molecule has 1 atom stereocenters. The normalized spacial score (nSPS) is 17.5. The minimum absolute atomic E-state index is 0.0672. The summed E-state index contributed by atoms with van der Waals surface area (Å²) in [6, 6.07) is 2.74. The van der Waals surface area contributed by atoms with Crippen LogP contribution in [0.15, 0.2) is 24.4 Å². The highest BCUT2D eigenvalue weighted by molar-refractivity contribution is 5.98. The molecule has 2 aromatic rings. The van der Waals surface area contributed by atoms with Crippen molar-refractivity contribution in [1.29, 1.82) is 0 Å². The summed E-state index contributed by atoms with van der Waals surface area (Å²) in [6.07, 6.45) is -1.80. The number of carbonyl (C=O) groups is 1. The maximum absolute atomic E-state index is 14.4. The number of rotatable bonds is 5. The fourth-order valence-corrected chi connectivity index (χ4v) is 3.34. The zero-order valence-corrected chi connectivity index (χ0v) is 17.1. The third-order valence-corrected chi connectivity index (χ3v) is 4.99. The van der Waals surface area contributed by atoms with E-state index in [2.05, 4.69) is 15.3 Å². The number of aromatic nitrogens is 2. The Morgan fingerprint density at radius 3 is 2.45 bits per heavy atom. The second-order valence-electron chi connectivity index (χ2n) is 8.04. The van der Waals surface area contributed by atoms with Gasteiger partial charge in [0, 0.05) is 31.0 Å². The summed E-state index contributed by atoms with van der Waals surface area (Å²) in [5.74, 6) is -0.665. The lowest BCUT2D eigenvalue weighted by atomic mass is 9.97. The Hall–Kier alpha value is -2.95. The number of nitrogens with one attached hydrogen (secondary N) is 1. The molecule has 11 heteroatoms. The van der Waals surface area contributed by atoms with Crippen molar-refractivity contribution < 1.29 is 22.4 Å². The van der Waals surface area contributed by atoms with Crippen LogP contribution in [0.5, 0.6) is 0 Å². The summed E-state index contributed by atoms with van der Waals surface area (Å²) >= 11 is 0. The number of amides is 1. The van der Waals surface area contributed by atoms with Crippen molar-refractivity contribution in [2.24, 2.45) is 11.5 Å². The molecular weight excluding hydrogens is 416 g/mol. The van der Waals surface area contributed by atoms with Gasteiger partial charge in [0.1, 0.15) is 17.1 Å². The largest absolute Gasteiger partial charge is 0.416 e. The lowest BCUT2D eigenvalue weighted by Gasteiger charge is -2.31. The predicted octanol–water partition coefficient (Wildman–Crippen LogP) is 3.47. The topological polar surface area (TPSA) is 110 Å². The molecule has 5 N–H and O–H groups in total. The Bertz CT molecular complexity index is 941. The molecule has 0 bridgehead atoms. The lowest BCUT2D eigenvalue weighted by Crippen LogP contribution is -2.43. The van der Waals surface area contributed by atoms with E-state index in [0.717, 1.165) is 38.8 Å². The van der Waals surface area contributed by atoms with Gasteiger partial charge < -0.3 is 21.7 Å². The van der Waals surface area contributed by atoms with Crippen molar-refractivity contribution in [2.75, 3.05) is 23.3 Å². The van der Waals surface area contributed by atoms with E-state index in [9.17, 15) is 22.4 Å². The van der Waals surface area contributed by atoms with E-state index in [1.165, 1.54) is 12.3 Å². The molecule has 168 valence electrons. The number of carbonyl (C=O) groups excluding carboxylic acids is 1.